The molecule has 0 heterocycles. The number of ether oxygens (including phenoxy) is 1. The number of nitrogens with two attached hydrogens (primary N) is 1. The highest BCUT2D eigenvalue weighted by Gasteiger charge is 2.15. The van der Waals surface area contributed by atoms with Crippen molar-refractivity contribution in [2.75, 3.05) is 37.9 Å². The number of carbonyl (C=O) groups excluding carboxylic acids is 2. The molecule has 0 fully saturated rings. The van der Waals surface area contributed by atoms with Gasteiger partial charge in [0, 0.05) is 27.1 Å². The predicted octanol–water partition coefficient (Wildman–Crippen LogP) is 1.02. The molecule has 20 heavy (non-hydrogen) atoms. The van der Waals surface area contributed by atoms with E-state index in [-0.39, 0.29) is 5.91 Å². The molecular weight excluding hydrogens is 258 g/mol. The van der Waals surface area contributed by atoms with Gasteiger partial charge in [0.25, 0.3) is 0 Å². The molecule has 0 atom stereocenters. The van der Waals surface area contributed by atoms with Crippen LogP contribution in [0.5, 0.6) is 0 Å². The van der Waals surface area contributed by atoms with Crippen LogP contribution in [-0.4, -0.2) is 39.1 Å². The van der Waals surface area contributed by atoms with Crippen LogP contribution >= 0.6 is 0 Å². The summed E-state index contributed by atoms with van der Waals surface area (Å²) in [5.74, 6) is -0.483. The van der Waals surface area contributed by atoms with Gasteiger partial charge in [-0.2, -0.15) is 0 Å². The van der Waals surface area contributed by atoms with Gasteiger partial charge in [0.2, 0.25) is 5.91 Å². The molecule has 0 spiro atoms. The van der Waals surface area contributed by atoms with E-state index in [0.717, 1.165) is 0 Å². The fraction of sp³-hybridized carbons (Fsp3) is 0.429. The van der Waals surface area contributed by atoms with Gasteiger partial charge >= 0.3 is 5.97 Å². The Bertz CT molecular complexity index is 489. The summed E-state index contributed by atoms with van der Waals surface area (Å²) >= 11 is 0. The first-order valence-corrected chi connectivity index (χ1v) is 6.48. The van der Waals surface area contributed by atoms with E-state index in [9.17, 15) is 9.59 Å². The van der Waals surface area contributed by atoms with Gasteiger partial charge in [0.15, 0.2) is 0 Å². The zero-order valence-corrected chi connectivity index (χ0v) is 12.1. The molecule has 1 aromatic rings. The molecule has 0 unspecified atom stereocenters. The quantitative estimate of drug-likeness (QED) is 0.600. The Morgan fingerprint density at radius 3 is 2.70 bits per heavy atom. The van der Waals surface area contributed by atoms with Crippen molar-refractivity contribution in [1.82, 2.24) is 5.32 Å². The van der Waals surface area contributed by atoms with Gasteiger partial charge in [-0.25, -0.2) is 4.79 Å². The van der Waals surface area contributed by atoms with E-state index < -0.39 is 5.97 Å². The van der Waals surface area contributed by atoms with Gasteiger partial charge in [0.05, 0.1) is 23.5 Å². The topological polar surface area (TPSA) is 84.7 Å². The van der Waals surface area contributed by atoms with E-state index in [1.807, 2.05) is 18.0 Å². The Hall–Kier alpha value is -2.24. The van der Waals surface area contributed by atoms with Crippen molar-refractivity contribution in [1.29, 1.82) is 0 Å². The lowest BCUT2D eigenvalue weighted by molar-refractivity contribution is -0.120. The minimum atomic E-state index is -0.438. The van der Waals surface area contributed by atoms with Crippen LogP contribution in [0.2, 0.25) is 0 Å². The highest BCUT2D eigenvalue weighted by Crippen LogP contribution is 2.26. The number of nitrogen functional groups attached to an aromatic ring is 1. The fourth-order valence-electron chi connectivity index (χ4n) is 1.79. The van der Waals surface area contributed by atoms with Crippen molar-refractivity contribution in [2.45, 2.75) is 13.3 Å². The van der Waals surface area contributed by atoms with Crippen LogP contribution in [0.3, 0.4) is 0 Å². The van der Waals surface area contributed by atoms with Crippen LogP contribution < -0.4 is 16.0 Å². The number of nitrogens with zero attached hydrogens (tertiary/aromatic N) is 1. The molecule has 0 saturated heterocycles. The summed E-state index contributed by atoms with van der Waals surface area (Å²) in [5.41, 5.74) is 7.43. The van der Waals surface area contributed by atoms with E-state index in [4.69, 9.17) is 10.5 Å². The molecule has 0 aromatic heterocycles. The number of hydrogen-bond acceptors (Lipinski definition) is 5. The molecule has 1 rings (SSSR count). The molecule has 1 amide bonds. The van der Waals surface area contributed by atoms with Crippen molar-refractivity contribution in [3.63, 3.8) is 0 Å². The second kappa shape index (κ2) is 7.37. The largest absolute Gasteiger partial charge is 0.462 e. The molecule has 0 radical (unpaired) electrons. The van der Waals surface area contributed by atoms with Crippen molar-refractivity contribution < 1.29 is 14.3 Å². The highest BCUT2D eigenvalue weighted by atomic mass is 16.5. The Kier molecular flexibility index (Phi) is 5.83. The van der Waals surface area contributed by atoms with Gasteiger partial charge in [-0.05, 0) is 19.1 Å². The summed E-state index contributed by atoms with van der Waals surface area (Å²) in [7, 11) is 3.42. The third-order valence-corrected chi connectivity index (χ3v) is 2.94. The average Bonchev–Trinajstić information content (AvgIpc) is 2.44. The lowest BCUT2D eigenvalue weighted by Crippen LogP contribution is -2.27. The van der Waals surface area contributed by atoms with Crippen LogP contribution in [0.1, 0.15) is 23.7 Å². The third kappa shape index (κ3) is 3.88. The summed E-state index contributed by atoms with van der Waals surface area (Å²) in [6, 6.07) is 5.18. The molecule has 1 aromatic carbocycles. The van der Waals surface area contributed by atoms with Crippen molar-refractivity contribution in [3.8, 4) is 0 Å². The van der Waals surface area contributed by atoms with Crippen molar-refractivity contribution in [3.05, 3.63) is 23.8 Å². The number of hydrogen-bond donors (Lipinski definition) is 2. The smallest absolute Gasteiger partial charge is 0.340 e. The molecule has 0 bridgehead atoms. The van der Waals surface area contributed by atoms with Crippen LogP contribution in [0.15, 0.2) is 18.2 Å². The molecule has 0 saturated carbocycles. The molecule has 6 heteroatoms. The number of para-hydroxylation sites is 1. The summed E-state index contributed by atoms with van der Waals surface area (Å²) in [6.45, 7) is 2.55. The second-order valence-corrected chi connectivity index (χ2v) is 4.30. The maximum atomic E-state index is 11.8. The Morgan fingerprint density at radius 1 is 1.40 bits per heavy atom. The van der Waals surface area contributed by atoms with Gasteiger partial charge in [-0.15, -0.1) is 0 Å². The maximum absolute atomic E-state index is 11.8. The monoisotopic (exact) mass is 279 g/mol. The van der Waals surface area contributed by atoms with Crippen LogP contribution in [0.25, 0.3) is 0 Å². The first-order valence-electron chi connectivity index (χ1n) is 6.48. The predicted molar refractivity (Wildman–Crippen MR) is 78.8 cm³/mol. The lowest BCUT2D eigenvalue weighted by atomic mass is 10.1. The fourth-order valence-corrected chi connectivity index (χ4v) is 1.79. The zero-order chi connectivity index (χ0) is 15.1. The molecule has 3 N–H and O–H groups in total. The number of anilines is 2. The average molecular weight is 279 g/mol. The molecule has 0 aliphatic heterocycles. The van der Waals surface area contributed by atoms with Crippen LogP contribution in [0.4, 0.5) is 11.4 Å². The number of nitrogens with one attached hydrogen (secondary N) is 1. The minimum Gasteiger partial charge on any atom is -0.462 e. The summed E-state index contributed by atoms with van der Waals surface area (Å²) in [6.07, 6.45) is 0.357. The molecule has 110 valence electrons. The first kappa shape index (κ1) is 15.8. The third-order valence-electron chi connectivity index (χ3n) is 2.94. The number of rotatable bonds is 6. The van der Waals surface area contributed by atoms with Crippen molar-refractivity contribution >= 4 is 23.3 Å². The molecule has 6 nitrogen and oxygen atoms in total. The molecule has 0 aliphatic rings. The normalized spacial score (nSPS) is 9.95. The van der Waals surface area contributed by atoms with Gasteiger partial charge < -0.3 is 20.7 Å². The molecule has 0 aliphatic carbocycles. The van der Waals surface area contributed by atoms with Gasteiger partial charge in [-0.1, -0.05) is 6.07 Å². The van der Waals surface area contributed by atoms with E-state index in [2.05, 4.69) is 5.32 Å². The number of esters is 1. The summed E-state index contributed by atoms with van der Waals surface area (Å²) in [5, 5.41) is 2.56. The van der Waals surface area contributed by atoms with E-state index in [0.29, 0.717) is 36.5 Å². The maximum Gasteiger partial charge on any atom is 0.340 e. The minimum absolute atomic E-state index is 0.0445. The van der Waals surface area contributed by atoms with E-state index >= 15 is 0 Å². The lowest BCUT2D eigenvalue weighted by Gasteiger charge is -2.21. The Morgan fingerprint density at radius 2 is 2.10 bits per heavy atom. The summed E-state index contributed by atoms with van der Waals surface area (Å²) < 4.78 is 4.96. The van der Waals surface area contributed by atoms with Gasteiger partial charge in [-0.3, -0.25) is 4.79 Å². The van der Waals surface area contributed by atoms with E-state index in [1.165, 1.54) is 0 Å². The van der Waals surface area contributed by atoms with E-state index in [1.54, 1.807) is 26.1 Å². The standard InChI is InChI=1S/C14H21N3O3/c1-4-20-14(19)10-6-5-7-11(13(10)15)17(3)9-8-12(18)16-2/h5-7H,4,8-9,15H2,1-3H3,(H,16,18). The number of amides is 1. The summed E-state index contributed by atoms with van der Waals surface area (Å²) in [4.78, 5) is 24.9. The number of carbonyl (C=O) groups is 2. The SMILES string of the molecule is CCOC(=O)c1cccc(N(C)CCC(=O)NC)c1N. The Labute approximate surface area is 118 Å². The first-order chi connectivity index (χ1) is 9.51. The van der Waals surface area contributed by atoms with Crippen LogP contribution in [0, 0.1) is 0 Å². The highest BCUT2D eigenvalue weighted by molar-refractivity contribution is 5.98. The zero-order valence-electron chi connectivity index (χ0n) is 12.1. The van der Waals surface area contributed by atoms with Crippen molar-refractivity contribution in [2.24, 2.45) is 0 Å². The van der Waals surface area contributed by atoms with Gasteiger partial charge in [0.1, 0.15) is 0 Å². The Balaban J connectivity index is 2.87. The molecular formula is C14H21N3O3. The van der Waals surface area contributed by atoms with Crippen LogP contribution in [-0.2, 0) is 9.53 Å². The number of benzene rings is 1. The second-order valence-electron chi connectivity index (χ2n) is 4.30.